The molecule has 1 rings (SSSR count). The van der Waals surface area contributed by atoms with E-state index in [-0.39, 0.29) is 11.9 Å². The number of halogens is 1. The molecule has 4 nitrogen and oxygen atoms in total. The lowest BCUT2D eigenvalue weighted by Gasteiger charge is -2.27. The molecule has 112 valence electrons. The average Bonchev–Trinajstić information content (AvgIpc) is 2.37. The van der Waals surface area contributed by atoms with Crippen LogP contribution in [0.1, 0.15) is 25.5 Å². The maximum Gasteiger partial charge on any atom is 0.236 e. The highest BCUT2D eigenvalue weighted by atomic mass is 79.9. The summed E-state index contributed by atoms with van der Waals surface area (Å²) >= 11 is 3.36. The first-order valence-electron chi connectivity index (χ1n) is 6.53. The molecule has 0 spiro atoms. The molecule has 1 unspecified atom stereocenters. The number of benzene rings is 1. The zero-order valence-corrected chi connectivity index (χ0v) is 14.3. The van der Waals surface area contributed by atoms with Crippen LogP contribution in [0.4, 0.5) is 0 Å². The van der Waals surface area contributed by atoms with Crippen LogP contribution in [0.2, 0.25) is 0 Å². The minimum Gasteiger partial charge on any atom is -0.497 e. The van der Waals surface area contributed by atoms with Gasteiger partial charge >= 0.3 is 0 Å². The number of hydrogen-bond donors (Lipinski definition) is 1. The predicted octanol–water partition coefficient (Wildman–Crippen LogP) is 2.59. The third-order valence-electron chi connectivity index (χ3n) is 3.10. The predicted molar refractivity (Wildman–Crippen MR) is 85.4 cm³/mol. The molecule has 20 heavy (non-hydrogen) atoms. The number of carbonyl (C=O) groups is 1. The summed E-state index contributed by atoms with van der Waals surface area (Å²) in [6.45, 7) is 4.21. The summed E-state index contributed by atoms with van der Waals surface area (Å²) in [6.07, 6.45) is 0. The van der Waals surface area contributed by atoms with E-state index in [1.165, 1.54) is 0 Å². The number of nitrogens with zero attached hydrogens (tertiary/aromatic N) is 1. The molecule has 0 aliphatic heterocycles. The molecule has 0 radical (unpaired) electrons. The Morgan fingerprint density at radius 1 is 1.45 bits per heavy atom. The van der Waals surface area contributed by atoms with Gasteiger partial charge in [0.05, 0.1) is 17.5 Å². The molecule has 0 saturated heterocycles. The Morgan fingerprint density at radius 2 is 2.10 bits per heavy atom. The number of carbonyl (C=O) groups excluding carboxylic acids is 1. The van der Waals surface area contributed by atoms with Crippen LogP contribution in [0.15, 0.2) is 24.3 Å². The third kappa shape index (κ3) is 4.80. The molecule has 0 aliphatic carbocycles. The molecular weight excluding hydrogens is 320 g/mol. The van der Waals surface area contributed by atoms with E-state index in [4.69, 9.17) is 4.74 Å². The molecule has 1 N–H and O–H groups in total. The monoisotopic (exact) mass is 342 g/mol. The van der Waals surface area contributed by atoms with E-state index in [1.54, 1.807) is 7.11 Å². The van der Waals surface area contributed by atoms with Crippen LogP contribution in [-0.2, 0) is 4.79 Å². The second-order valence-electron chi connectivity index (χ2n) is 5.44. The number of rotatable bonds is 6. The molecule has 0 bridgehead atoms. The Labute approximate surface area is 129 Å². The SMILES string of the molecule is COc1cccc(C(CNC(=O)C(C)(C)Br)N(C)C)c1. The molecule has 0 heterocycles. The van der Waals surface area contributed by atoms with Crippen molar-refractivity contribution in [3.05, 3.63) is 29.8 Å². The minimum atomic E-state index is -0.557. The molecule has 1 aromatic rings. The van der Waals surface area contributed by atoms with E-state index < -0.39 is 4.32 Å². The number of amides is 1. The summed E-state index contributed by atoms with van der Waals surface area (Å²) < 4.78 is 4.69. The van der Waals surface area contributed by atoms with Gasteiger partial charge in [-0.2, -0.15) is 0 Å². The van der Waals surface area contributed by atoms with Crippen molar-refractivity contribution in [3.8, 4) is 5.75 Å². The van der Waals surface area contributed by atoms with Crippen LogP contribution >= 0.6 is 15.9 Å². The lowest BCUT2D eigenvalue weighted by atomic mass is 10.1. The van der Waals surface area contributed by atoms with E-state index >= 15 is 0 Å². The first-order valence-corrected chi connectivity index (χ1v) is 7.32. The largest absolute Gasteiger partial charge is 0.497 e. The summed E-state index contributed by atoms with van der Waals surface area (Å²) in [7, 11) is 5.64. The number of likely N-dealkylation sites (N-methyl/N-ethyl adjacent to an activating group) is 1. The van der Waals surface area contributed by atoms with Crippen LogP contribution in [-0.4, -0.2) is 42.9 Å². The first kappa shape index (κ1) is 17.0. The number of nitrogens with one attached hydrogen (secondary N) is 1. The van der Waals surface area contributed by atoms with Gasteiger partial charge in [-0.25, -0.2) is 0 Å². The average molecular weight is 343 g/mol. The number of ether oxygens (including phenoxy) is 1. The van der Waals surface area contributed by atoms with Crippen molar-refractivity contribution in [3.63, 3.8) is 0 Å². The molecule has 0 saturated carbocycles. The second-order valence-corrected chi connectivity index (χ2v) is 7.42. The summed E-state index contributed by atoms with van der Waals surface area (Å²) in [5, 5.41) is 2.97. The minimum absolute atomic E-state index is 0.0211. The Bertz CT molecular complexity index is 455. The number of alkyl halides is 1. The fourth-order valence-electron chi connectivity index (χ4n) is 1.85. The smallest absolute Gasteiger partial charge is 0.236 e. The van der Waals surface area contributed by atoms with E-state index in [9.17, 15) is 4.79 Å². The van der Waals surface area contributed by atoms with Gasteiger partial charge in [-0.3, -0.25) is 4.79 Å². The zero-order chi connectivity index (χ0) is 15.3. The van der Waals surface area contributed by atoms with Gasteiger partial charge in [-0.05, 0) is 45.6 Å². The van der Waals surface area contributed by atoms with Crippen molar-refractivity contribution in [2.45, 2.75) is 24.2 Å². The molecule has 5 heteroatoms. The summed E-state index contributed by atoms with van der Waals surface area (Å²) in [6, 6.07) is 8.01. The number of methoxy groups -OCH3 is 1. The first-order chi connectivity index (χ1) is 9.25. The summed E-state index contributed by atoms with van der Waals surface area (Å²) in [4.78, 5) is 14.0. The van der Waals surface area contributed by atoms with Crippen LogP contribution in [0, 0.1) is 0 Å². The highest BCUT2D eigenvalue weighted by Crippen LogP contribution is 2.23. The normalized spacial score (nSPS) is 13.2. The summed E-state index contributed by atoms with van der Waals surface area (Å²) in [5.74, 6) is 0.800. The summed E-state index contributed by atoms with van der Waals surface area (Å²) in [5.41, 5.74) is 1.11. The van der Waals surface area contributed by atoms with Gasteiger partial charge < -0.3 is 15.0 Å². The molecule has 0 aromatic heterocycles. The topological polar surface area (TPSA) is 41.6 Å². The standard InChI is InChI=1S/C15H23BrN2O2/c1-15(2,16)14(19)17-10-13(18(3)4)11-7-6-8-12(9-11)20-5/h6-9,13H,10H2,1-5H3,(H,17,19). The van der Waals surface area contributed by atoms with Crippen LogP contribution in [0.5, 0.6) is 5.75 Å². The fraction of sp³-hybridized carbons (Fsp3) is 0.533. The number of hydrogen-bond acceptors (Lipinski definition) is 3. The second kappa shape index (κ2) is 7.09. The van der Waals surface area contributed by atoms with Crippen molar-refractivity contribution in [1.82, 2.24) is 10.2 Å². The quantitative estimate of drug-likeness (QED) is 0.808. The lowest BCUT2D eigenvalue weighted by Crippen LogP contribution is -2.41. The van der Waals surface area contributed by atoms with Gasteiger partial charge in [0.2, 0.25) is 5.91 Å². The van der Waals surface area contributed by atoms with E-state index in [0.717, 1.165) is 11.3 Å². The molecule has 1 atom stereocenters. The van der Waals surface area contributed by atoms with Gasteiger partial charge in [0.1, 0.15) is 5.75 Å². The van der Waals surface area contributed by atoms with Crippen LogP contribution in [0.3, 0.4) is 0 Å². The molecule has 1 aromatic carbocycles. The fourth-order valence-corrected chi connectivity index (χ4v) is 1.99. The highest BCUT2D eigenvalue weighted by Gasteiger charge is 2.25. The Morgan fingerprint density at radius 3 is 2.60 bits per heavy atom. The molecule has 0 fully saturated rings. The lowest BCUT2D eigenvalue weighted by molar-refractivity contribution is -0.122. The van der Waals surface area contributed by atoms with Crippen molar-refractivity contribution < 1.29 is 9.53 Å². The Balaban J connectivity index is 2.82. The third-order valence-corrected chi connectivity index (χ3v) is 3.46. The van der Waals surface area contributed by atoms with Gasteiger partial charge in [-0.15, -0.1) is 0 Å². The maximum absolute atomic E-state index is 11.9. The van der Waals surface area contributed by atoms with Gasteiger partial charge in [0, 0.05) is 6.54 Å². The molecular formula is C15H23BrN2O2. The van der Waals surface area contributed by atoms with Crippen molar-refractivity contribution in [2.24, 2.45) is 0 Å². The molecule has 0 aliphatic rings. The van der Waals surface area contributed by atoms with Crippen molar-refractivity contribution in [1.29, 1.82) is 0 Å². The van der Waals surface area contributed by atoms with Crippen LogP contribution < -0.4 is 10.1 Å². The van der Waals surface area contributed by atoms with E-state index in [0.29, 0.717) is 6.54 Å². The van der Waals surface area contributed by atoms with E-state index in [1.807, 2.05) is 52.2 Å². The maximum atomic E-state index is 11.9. The Hall–Kier alpha value is -1.07. The molecule has 1 amide bonds. The van der Waals surface area contributed by atoms with Gasteiger partial charge in [-0.1, -0.05) is 28.1 Å². The van der Waals surface area contributed by atoms with Crippen LogP contribution in [0.25, 0.3) is 0 Å². The zero-order valence-electron chi connectivity index (χ0n) is 12.7. The van der Waals surface area contributed by atoms with Crippen molar-refractivity contribution >= 4 is 21.8 Å². The Kier molecular flexibility index (Phi) is 6.02. The van der Waals surface area contributed by atoms with Gasteiger partial charge in [0.25, 0.3) is 0 Å². The van der Waals surface area contributed by atoms with E-state index in [2.05, 4.69) is 26.1 Å². The van der Waals surface area contributed by atoms with Gasteiger partial charge in [0.15, 0.2) is 0 Å². The highest BCUT2D eigenvalue weighted by molar-refractivity contribution is 9.10. The van der Waals surface area contributed by atoms with Crippen molar-refractivity contribution in [2.75, 3.05) is 27.7 Å².